The van der Waals surface area contributed by atoms with Crippen molar-refractivity contribution >= 4 is 11.6 Å². The molecule has 0 spiro atoms. The highest BCUT2D eigenvalue weighted by molar-refractivity contribution is 5.80. The summed E-state index contributed by atoms with van der Waals surface area (Å²) in [5.74, 6) is -2.50. The zero-order chi connectivity index (χ0) is 18.3. The van der Waals surface area contributed by atoms with E-state index in [4.69, 9.17) is 5.73 Å². The first kappa shape index (κ1) is 17.3. The number of imidazole rings is 1. The fourth-order valence-corrected chi connectivity index (χ4v) is 3.96. The van der Waals surface area contributed by atoms with E-state index >= 15 is 0 Å². The molecule has 3 heterocycles. The highest BCUT2D eigenvalue weighted by Gasteiger charge is 2.37. The molecule has 3 N–H and O–H groups in total. The summed E-state index contributed by atoms with van der Waals surface area (Å²) >= 11 is 0. The molecule has 8 heteroatoms. The lowest BCUT2D eigenvalue weighted by molar-refractivity contribution is -0.122. The second-order valence-electron chi connectivity index (χ2n) is 7.49. The van der Waals surface area contributed by atoms with Crippen LogP contribution in [0.5, 0.6) is 0 Å². The van der Waals surface area contributed by atoms with Crippen LogP contribution in [0, 0.1) is 11.8 Å². The predicted molar refractivity (Wildman–Crippen MR) is 91.6 cm³/mol. The van der Waals surface area contributed by atoms with Gasteiger partial charge in [-0.3, -0.25) is 4.79 Å². The lowest BCUT2D eigenvalue weighted by atomic mass is 9.81. The van der Waals surface area contributed by atoms with Crippen molar-refractivity contribution in [3.8, 4) is 0 Å². The standard InChI is InChI=1S/C18H23F2N5O/c19-18(20)6-3-11(4-7-18)16(21)14-10-25-15(23-14)2-1-13(24-25)9-12-5-8-22-17(12)26/h1-2,10-12,16H,3-9,21H2,(H,22,26). The van der Waals surface area contributed by atoms with Gasteiger partial charge in [0, 0.05) is 31.7 Å². The number of carbonyl (C=O) groups is 1. The van der Waals surface area contributed by atoms with Crippen LogP contribution in [0.25, 0.3) is 5.65 Å². The van der Waals surface area contributed by atoms with E-state index in [0.29, 0.717) is 30.6 Å². The zero-order valence-electron chi connectivity index (χ0n) is 14.5. The summed E-state index contributed by atoms with van der Waals surface area (Å²) in [6.45, 7) is 0.719. The van der Waals surface area contributed by atoms with E-state index in [-0.39, 0.29) is 36.6 Å². The topological polar surface area (TPSA) is 85.3 Å². The maximum atomic E-state index is 13.4. The van der Waals surface area contributed by atoms with Crippen LogP contribution >= 0.6 is 0 Å². The molecule has 0 radical (unpaired) electrons. The summed E-state index contributed by atoms with van der Waals surface area (Å²) in [5.41, 5.74) is 8.50. The van der Waals surface area contributed by atoms with Crippen molar-refractivity contribution < 1.29 is 13.6 Å². The van der Waals surface area contributed by atoms with E-state index in [1.807, 2.05) is 12.1 Å². The third-order valence-corrected chi connectivity index (χ3v) is 5.62. The molecule has 140 valence electrons. The molecule has 4 rings (SSSR count). The number of hydrogen-bond donors (Lipinski definition) is 2. The van der Waals surface area contributed by atoms with Crippen LogP contribution < -0.4 is 11.1 Å². The van der Waals surface area contributed by atoms with Gasteiger partial charge >= 0.3 is 0 Å². The van der Waals surface area contributed by atoms with Crippen LogP contribution in [-0.2, 0) is 11.2 Å². The summed E-state index contributed by atoms with van der Waals surface area (Å²) in [4.78, 5) is 16.2. The first-order valence-electron chi connectivity index (χ1n) is 9.18. The number of nitrogens with two attached hydrogens (primary N) is 1. The van der Waals surface area contributed by atoms with Crippen molar-refractivity contribution in [2.45, 2.75) is 50.5 Å². The van der Waals surface area contributed by atoms with Crippen LogP contribution in [0.1, 0.15) is 49.5 Å². The van der Waals surface area contributed by atoms with E-state index < -0.39 is 5.92 Å². The molecule has 0 bridgehead atoms. The third kappa shape index (κ3) is 3.42. The molecule has 1 saturated heterocycles. The number of rotatable bonds is 4. The van der Waals surface area contributed by atoms with Crippen molar-refractivity contribution in [1.82, 2.24) is 19.9 Å². The molecule has 2 aliphatic rings. The minimum Gasteiger partial charge on any atom is -0.356 e. The molecule has 26 heavy (non-hydrogen) atoms. The molecule has 6 nitrogen and oxygen atoms in total. The number of halogens is 2. The quantitative estimate of drug-likeness (QED) is 0.872. The molecule has 1 saturated carbocycles. The van der Waals surface area contributed by atoms with E-state index in [0.717, 1.165) is 18.7 Å². The van der Waals surface area contributed by atoms with Gasteiger partial charge in [-0.05, 0) is 37.3 Å². The average molecular weight is 363 g/mol. The molecule has 2 aromatic rings. The van der Waals surface area contributed by atoms with E-state index in [9.17, 15) is 13.6 Å². The Kier molecular flexibility index (Phi) is 4.38. The Bertz CT molecular complexity index is 811. The molecule has 1 aliphatic carbocycles. The number of hydrogen-bond acceptors (Lipinski definition) is 4. The van der Waals surface area contributed by atoms with Gasteiger partial charge < -0.3 is 11.1 Å². The summed E-state index contributed by atoms with van der Waals surface area (Å²) in [6.07, 6.45) is 3.82. The Morgan fingerprint density at radius 3 is 2.77 bits per heavy atom. The van der Waals surface area contributed by atoms with E-state index in [2.05, 4.69) is 15.4 Å². The smallest absolute Gasteiger partial charge is 0.248 e. The maximum absolute atomic E-state index is 13.4. The number of nitrogens with zero attached hydrogens (tertiary/aromatic N) is 3. The minimum atomic E-state index is -2.56. The van der Waals surface area contributed by atoms with Gasteiger partial charge in [0.05, 0.1) is 23.6 Å². The van der Waals surface area contributed by atoms with Gasteiger partial charge in [-0.15, -0.1) is 0 Å². The maximum Gasteiger partial charge on any atom is 0.248 e. The predicted octanol–water partition coefficient (Wildman–Crippen LogP) is 2.23. The first-order chi connectivity index (χ1) is 12.4. The summed E-state index contributed by atoms with van der Waals surface area (Å²) in [6, 6.07) is 3.38. The van der Waals surface area contributed by atoms with Crippen molar-refractivity contribution in [2.75, 3.05) is 6.54 Å². The van der Waals surface area contributed by atoms with Crippen molar-refractivity contribution in [1.29, 1.82) is 0 Å². The number of nitrogens with one attached hydrogen (secondary N) is 1. The summed E-state index contributed by atoms with van der Waals surface area (Å²) in [7, 11) is 0. The van der Waals surface area contributed by atoms with Crippen LogP contribution in [0.2, 0.25) is 0 Å². The monoisotopic (exact) mass is 363 g/mol. The molecule has 1 aliphatic heterocycles. The number of aromatic nitrogens is 3. The number of alkyl halides is 2. The Labute approximate surface area is 150 Å². The second kappa shape index (κ2) is 6.57. The van der Waals surface area contributed by atoms with Crippen molar-refractivity contribution in [3.05, 3.63) is 29.7 Å². The van der Waals surface area contributed by atoms with Gasteiger partial charge in [-0.1, -0.05) is 0 Å². The van der Waals surface area contributed by atoms with Crippen LogP contribution in [0.15, 0.2) is 18.3 Å². The normalized spacial score (nSPS) is 24.7. The number of fused-ring (bicyclic) bond motifs is 1. The van der Waals surface area contributed by atoms with Gasteiger partial charge in [-0.25, -0.2) is 18.3 Å². The van der Waals surface area contributed by atoms with Crippen LogP contribution in [0.4, 0.5) is 8.78 Å². The highest BCUT2D eigenvalue weighted by Crippen LogP contribution is 2.40. The van der Waals surface area contributed by atoms with Crippen molar-refractivity contribution in [3.63, 3.8) is 0 Å². The molecule has 2 atom stereocenters. The van der Waals surface area contributed by atoms with E-state index in [1.165, 1.54) is 0 Å². The lowest BCUT2D eigenvalue weighted by Crippen LogP contribution is -2.31. The molecular weight excluding hydrogens is 340 g/mol. The van der Waals surface area contributed by atoms with Crippen molar-refractivity contribution in [2.24, 2.45) is 17.6 Å². The lowest BCUT2D eigenvalue weighted by Gasteiger charge is -2.31. The fraction of sp³-hybridized carbons (Fsp3) is 0.611. The highest BCUT2D eigenvalue weighted by atomic mass is 19.3. The molecule has 1 amide bonds. The SMILES string of the molecule is NC(c1cn2nc(CC3CCNC3=O)ccc2n1)C1CCC(F)(F)CC1. The Morgan fingerprint density at radius 1 is 1.31 bits per heavy atom. The Balaban J connectivity index is 1.49. The van der Waals surface area contributed by atoms with Crippen LogP contribution in [0.3, 0.4) is 0 Å². The molecule has 2 aromatic heterocycles. The fourth-order valence-electron chi connectivity index (χ4n) is 3.96. The molecular formula is C18H23F2N5O. The summed E-state index contributed by atoms with van der Waals surface area (Å²) < 4.78 is 28.4. The average Bonchev–Trinajstić information content (AvgIpc) is 3.20. The molecule has 2 fully saturated rings. The Morgan fingerprint density at radius 2 is 2.08 bits per heavy atom. The van der Waals surface area contributed by atoms with Gasteiger partial charge in [0.2, 0.25) is 11.8 Å². The van der Waals surface area contributed by atoms with Gasteiger partial charge in [0.25, 0.3) is 0 Å². The Hall–Kier alpha value is -2.09. The summed E-state index contributed by atoms with van der Waals surface area (Å²) in [5, 5.41) is 7.38. The van der Waals surface area contributed by atoms with Gasteiger partial charge in [0.1, 0.15) is 0 Å². The second-order valence-corrected chi connectivity index (χ2v) is 7.49. The van der Waals surface area contributed by atoms with E-state index in [1.54, 1.807) is 10.7 Å². The minimum absolute atomic E-state index is 0.0150. The zero-order valence-corrected chi connectivity index (χ0v) is 14.5. The number of carbonyl (C=O) groups excluding carboxylic acids is 1. The van der Waals surface area contributed by atoms with Gasteiger partial charge in [0.15, 0.2) is 5.65 Å². The van der Waals surface area contributed by atoms with Gasteiger partial charge in [-0.2, -0.15) is 5.10 Å². The van der Waals surface area contributed by atoms with Crippen LogP contribution in [-0.4, -0.2) is 33.0 Å². The molecule has 2 unspecified atom stereocenters. The third-order valence-electron chi connectivity index (χ3n) is 5.62. The number of amides is 1. The largest absolute Gasteiger partial charge is 0.356 e. The molecule has 0 aromatic carbocycles. The first-order valence-corrected chi connectivity index (χ1v) is 9.18.